The van der Waals surface area contributed by atoms with E-state index in [1.807, 2.05) is 26.0 Å². The Morgan fingerprint density at radius 1 is 0.909 bits per heavy atom. The predicted octanol–water partition coefficient (Wildman–Crippen LogP) is 4.04. The van der Waals surface area contributed by atoms with Gasteiger partial charge in [0.25, 0.3) is 17.7 Å². The molecule has 3 aromatic rings. The summed E-state index contributed by atoms with van der Waals surface area (Å²) in [5.74, 6) is -2.88. The second kappa shape index (κ2) is 8.66. The minimum atomic E-state index is -0.822. The largest absolute Gasteiger partial charge is 0.452 e. The number of anilines is 2. The van der Waals surface area contributed by atoms with Crippen molar-refractivity contribution in [3.63, 3.8) is 0 Å². The molecule has 7 nitrogen and oxygen atoms in total. The topological polar surface area (TPSA) is 92.8 Å². The van der Waals surface area contributed by atoms with Crippen molar-refractivity contribution >= 4 is 35.1 Å². The van der Waals surface area contributed by atoms with Crippen molar-refractivity contribution in [2.45, 2.75) is 13.8 Å². The molecule has 0 spiro atoms. The molecule has 3 aromatic carbocycles. The van der Waals surface area contributed by atoms with Crippen LogP contribution < -0.4 is 10.2 Å². The van der Waals surface area contributed by atoms with Crippen molar-refractivity contribution in [1.82, 2.24) is 0 Å². The van der Waals surface area contributed by atoms with E-state index in [9.17, 15) is 23.6 Å². The second-order valence-electron chi connectivity index (χ2n) is 7.63. The quantitative estimate of drug-likeness (QED) is 0.472. The smallest absolute Gasteiger partial charge is 0.338 e. The summed E-state index contributed by atoms with van der Waals surface area (Å²) in [6.45, 7) is 3.15. The number of imide groups is 1. The van der Waals surface area contributed by atoms with E-state index in [4.69, 9.17) is 4.74 Å². The van der Waals surface area contributed by atoms with Crippen molar-refractivity contribution in [3.05, 3.63) is 94.3 Å². The predicted molar refractivity (Wildman–Crippen MR) is 119 cm³/mol. The lowest BCUT2D eigenvalue weighted by molar-refractivity contribution is -0.119. The fourth-order valence-corrected chi connectivity index (χ4v) is 3.59. The molecule has 0 atom stereocenters. The first-order chi connectivity index (χ1) is 15.7. The van der Waals surface area contributed by atoms with Crippen LogP contribution in [0.1, 0.15) is 42.2 Å². The summed E-state index contributed by atoms with van der Waals surface area (Å²) in [5, 5.41) is 2.48. The van der Waals surface area contributed by atoms with Gasteiger partial charge in [0.15, 0.2) is 6.61 Å². The van der Waals surface area contributed by atoms with Gasteiger partial charge in [-0.1, -0.05) is 17.7 Å². The van der Waals surface area contributed by atoms with Crippen molar-refractivity contribution < 1.29 is 28.3 Å². The van der Waals surface area contributed by atoms with Gasteiger partial charge in [0.05, 0.1) is 22.4 Å². The number of carbonyl (C=O) groups is 4. The van der Waals surface area contributed by atoms with Gasteiger partial charge in [0.2, 0.25) is 0 Å². The fourth-order valence-electron chi connectivity index (χ4n) is 3.59. The Morgan fingerprint density at radius 3 is 2.30 bits per heavy atom. The minimum Gasteiger partial charge on any atom is -0.452 e. The van der Waals surface area contributed by atoms with Crippen molar-refractivity contribution in [2.75, 3.05) is 16.8 Å². The molecule has 0 bridgehead atoms. The molecule has 33 heavy (non-hydrogen) atoms. The van der Waals surface area contributed by atoms with Crippen LogP contribution in [0.25, 0.3) is 0 Å². The number of halogens is 1. The van der Waals surface area contributed by atoms with Gasteiger partial charge in [-0.05, 0) is 67.9 Å². The molecule has 0 aromatic heterocycles. The zero-order chi connectivity index (χ0) is 23.7. The Kier molecular flexibility index (Phi) is 5.74. The maximum Gasteiger partial charge on any atom is 0.338 e. The highest BCUT2D eigenvalue weighted by atomic mass is 19.1. The van der Waals surface area contributed by atoms with Crippen LogP contribution in [-0.2, 0) is 9.53 Å². The summed E-state index contributed by atoms with van der Waals surface area (Å²) in [6.07, 6.45) is 0. The van der Waals surface area contributed by atoms with Crippen LogP contribution in [-0.4, -0.2) is 30.3 Å². The lowest BCUT2D eigenvalue weighted by Gasteiger charge is -2.16. The molecule has 4 rings (SSSR count). The van der Waals surface area contributed by atoms with Crippen LogP contribution in [0.3, 0.4) is 0 Å². The maximum absolute atomic E-state index is 13.0. The number of hydrogen-bond acceptors (Lipinski definition) is 5. The number of benzene rings is 3. The van der Waals surface area contributed by atoms with Crippen LogP contribution in [0.5, 0.6) is 0 Å². The van der Waals surface area contributed by atoms with Crippen LogP contribution in [0.2, 0.25) is 0 Å². The molecule has 1 aliphatic rings. The Balaban J connectivity index is 1.46. The highest BCUT2D eigenvalue weighted by molar-refractivity contribution is 6.35. The molecule has 1 aliphatic heterocycles. The monoisotopic (exact) mass is 446 g/mol. The molecule has 0 radical (unpaired) electrons. The molecule has 166 valence electrons. The van der Waals surface area contributed by atoms with Gasteiger partial charge in [-0.25, -0.2) is 14.1 Å². The summed E-state index contributed by atoms with van der Waals surface area (Å²) in [5.41, 5.74) is 2.92. The van der Waals surface area contributed by atoms with E-state index in [1.165, 1.54) is 42.5 Å². The van der Waals surface area contributed by atoms with Gasteiger partial charge in [-0.3, -0.25) is 14.4 Å². The van der Waals surface area contributed by atoms with Gasteiger partial charge in [0.1, 0.15) is 5.82 Å². The number of fused-ring (bicyclic) bond motifs is 1. The van der Waals surface area contributed by atoms with E-state index in [1.54, 1.807) is 6.07 Å². The van der Waals surface area contributed by atoms with Crippen LogP contribution >= 0.6 is 0 Å². The van der Waals surface area contributed by atoms with Gasteiger partial charge in [-0.15, -0.1) is 0 Å². The highest BCUT2D eigenvalue weighted by Crippen LogP contribution is 2.31. The normalized spacial score (nSPS) is 12.5. The third kappa shape index (κ3) is 4.36. The molecule has 0 saturated carbocycles. The summed E-state index contributed by atoms with van der Waals surface area (Å²) in [7, 11) is 0. The number of hydrogen-bond donors (Lipinski definition) is 1. The molecular formula is C25H19FN2O5. The molecule has 0 unspecified atom stereocenters. The Labute approximate surface area is 188 Å². The van der Waals surface area contributed by atoms with E-state index in [0.29, 0.717) is 11.4 Å². The standard InChI is InChI=1S/C25H19FN2O5/c1-14-3-10-21(15(2)11-14)28-23(30)19-9-4-16(12-20(19)24(28)31)25(32)33-13-22(29)27-18-7-5-17(26)6-8-18/h3-12H,13H2,1-2H3,(H,27,29). The SMILES string of the molecule is Cc1ccc(N2C(=O)c3ccc(C(=O)OCC(=O)Nc4ccc(F)cc4)cc3C2=O)c(C)c1. The van der Waals surface area contributed by atoms with E-state index in [2.05, 4.69) is 5.32 Å². The van der Waals surface area contributed by atoms with E-state index >= 15 is 0 Å². The van der Waals surface area contributed by atoms with Crippen LogP contribution in [0.15, 0.2) is 60.7 Å². The van der Waals surface area contributed by atoms with Gasteiger partial charge in [-0.2, -0.15) is 0 Å². The van der Waals surface area contributed by atoms with E-state index in [0.717, 1.165) is 16.0 Å². The molecular weight excluding hydrogens is 427 g/mol. The first-order valence-electron chi connectivity index (χ1n) is 10.1. The zero-order valence-electron chi connectivity index (χ0n) is 17.8. The third-order valence-corrected chi connectivity index (χ3v) is 5.18. The number of amides is 3. The van der Waals surface area contributed by atoms with Crippen molar-refractivity contribution in [2.24, 2.45) is 0 Å². The van der Waals surface area contributed by atoms with Crippen molar-refractivity contribution in [3.8, 4) is 0 Å². The Bertz CT molecular complexity index is 1300. The first kappa shape index (κ1) is 21.9. The van der Waals surface area contributed by atoms with Gasteiger partial charge < -0.3 is 10.1 Å². The first-order valence-corrected chi connectivity index (χ1v) is 10.1. The molecule has 3 amide bonds. The number of esters is 1. The van der Waals surface area contributed by atoms with Gasteiger partial charge >= 0.3 is 5.97 Å². The number of aryl methyl sites for hydroxylation is 2. The van der Waals surface area contributed by atoms with Crippen LogP contribution in [0.4, 0.5) is 15.8 Å². The fraction of sp³-hybridized carbons (Fsp3) is 0.120. The summed E-state index contributed by atoms with van der Waals surface area (Å²) < 4.78 is 18.0. The number of ether oxygens (including phenoxy) is 1. The number of nitrogens with zero attached hydrogens (tertiary/aromatic N) is 1. The average molecular weight is 446 g/mol. The Morgan fingerprint density at radius 2 is 1.61 bits per heavy atom. The molecule has 0 fully saturated rings. The minimum absolute atomic E-state index is 0.0342. The number of rotatable bonds is 5. The molecule has 0 aliphatic carbocycles. The van der Waals surface area contributed by atoms with E-state index < -0.39 is 36.1 Å². The van der Waals surface area contributed by atoms with Crippen LogP contribution in [0, 0.1) is 19.7 Å². The van der Waals surface area contributed by atoms with Crippen molar-refractivity contribution in [1.29, 1.82) is 0 Å². The zero-order valence-corrected chi connectivity index (χ0v) is 17.8. The summed E-state index contributed by atoms with van der Waals surface area (Å²) >= 11 is 0. The number of carbonyl (C=O) groups excluding carboxylic acids is 4. The maximum atomic E-state index is 13.0. The summed E-state index contributed by atoms with van der Waals surface area (Å²) in [6, 6.07) is 14.6. The number of nitrogens with one attached hydrogen (secondary N) is 1. The lowest BCUT2D eigenvalue weighted by Crippen LogP contribution is -2.30. The molecule has 1 N–H and O–H groups in total. The summed E-state index contributed by atoms with van der Waals surface area (Å²) in [4.78, 5) is 51.3. The molecule has 1 heterocycles. The molecule has 0 saturated heterocycles. The van der Waals surface area contributed by atoms with Gasteiger partial charge in [0, 0.05) is 5.69 Å². The highest BCUT2D eigenvalue weighted by Gasteiger charge is 2.37. The second-order valence-corrected chi connectivity index (χ2v) is 7.63. The lowest BCUT2D eigenvalue weighted by atomic mass is 10.1. The third-order valence-electron chi connectivity index (χ3n) is 5.18. The Hall–Kier alpha value is -4.33. The average Bonchev–Trinajstić information content (AvgIpc) is 3.03. The van der Waals surface area contributed by atoms with E-state index in [-0.39, 0.29) is 16.7 Å². The molecule has 8 heteroatoms.